The van der Waals surface area contributed by atoms with Crippen LogP contribution in [0.25, 0.3) is 0 Å². The molecule has 5 nitrogen and oxygen atoms in total. The van der Waals surface area contributed by atoms with Crippen molar-refractivity contribution >= 4 is 24.2 Å². The Morgan fingerprint density at radius 2 is 2.32 bits per heavy atom. The highest BCUT2D eigenvalue weighted by Crippen LogP contribution is 2.22. The van der Waals surface area contributed by atoms with Crippen LogP contribution in [0.5, 0.6) is 0 Å². The molecule has 1 fully saturated rings. The van der Waals surface area contributed by atoms with E-state index in [4.69, 9.17) is 0 Å². The van der Waals surface area contributed by atoms with E-state index in [1.54, 1.807) is 0 Å². The van der Waals surface area contributed by atoms with Gasteiger partial charge in [0, 0.05) is 32.1 Å². The first-order valence-corrected chi connectivity index (χ1v) is 8.07. The van der Waals surface area contributed by atoms with Crippen LogP contribution in [0.1, 0.15) is 39.5 Å². The van der Waals surface area contributed by atoms with Gasteiger partial charge in [-0.15, -0.1) is 12.4 Å². The van der Waals surface area contributed by atoms with Gasteiger partial charge >= 0.3 is 0 Å². The Morgan fingerprint density at radius 3 is 2.95 bits per heavy atom. The van der Waals surface area contributed by atoms with Gasteiger partial charge in [0.1, 0.15) is 0 Å². The van der Waals surface area contributed by atoms with Crippen LogP contribution in [0.2, 0.25) is 0 Å². The van der Waals surface area contributed by atoms with E-state index in [9.17, 15) is 9.59 Å². The van der Waals surface area contributed by atoms with Crippen LogP contribution in [0.15, 0.2) is 11.6 Å². The van der Waals surface area contributed by atoms with Crippen LogP contribution in [-0.2, 0) is 9.59 Å². The molecule has 6 heteroatoms. The van der Waals surface area contributed by atoms with Crippen molar-refractivity contribution in [2.24, 2.45) is 5.92 Å². The number of nitrogens with one attached hydrogen (secondary N) is 2. The Morgan fingerprint density at radius 1 is 1.55 bits per heavy atom. The fourth-order valence-electron chi connectivity index (χ4n) is 3.08. The molecule has 2 aliphatic heterocycles. The van der Waals surface area contributed by atoms with E-state index >= 15 is 0 Å². The predicted molar refractivity (Wildman–Crippen MR) is 90.0 cm³/mol. The molecule has 2 rings (SSSR count). The number of rotatable bonds is 6. The molecule has 2 aliphatic rings. The van der Waals surface area contributed by atoms with Crippen molar-refractivity contribution in [1.82, 2.24) is 15.5 Å². The van der Waals surface area contributed by atoms with Crippen molar-refractivity contribution in [2.75, 3.05) is 26.2 Å². The first-order chi connectivity index (χ1) is 10.1. The minimum atomic E-state index is -0.181. The number of likely N-dealkylation sites (tertiary alicyclic amines) is 1. The average Bonchev–Trinajstić information content (AvgIpc) is 2.88. The van der Waals surface area contributed by atoms with E-state index in [0.717, 1.165) is 32.4 Å². The lowest BCUT2D eigenvalue weighted by Crippen LogP contribution is -2.37. The lowest BCUT2D eigenvalue weighted by Gasteiger charge is -2.24. The van der Waals surface area contributed by atoms with E-state index < -0.39 is 0 Å². The molecular formula is C16H28ClN3O2. The molecule has 2 amide bonds. The first-order valence-electron chi connectivity index (χ1n) is 8.07. The average molecular weight is 330 g/mol. The van der Waals surface area contributed by atoms with Gasteiger partial charge in [-0.3, -0.25) is 9.59 Å². The van der Waals surface area contributed by atoms with Crippen LogP contribution in [0.3, 0.4) is 0 Å². The molecule has 0 aliphatic carbocycles. The summed E-state index contributed by atoms with van der Waals surface area (Å²) >= 11 is 0. The smallest absolute Gasteiger partial charge is 0.225 e. The molecule has 126 valence electrons. The van der Waals surface area contributed by atoms with Gasteiger partial charge in [-0.05, 0) is 26.3 Å². The summed E-state index contributed by atoms with van der Waals surface area (Å²) in [6.45, 7) is 7.25. The van der Waals surface area contributed by atoms with Gasteiger partial charge in [0.25, 0.3) is 0 Å². The minimum absolute atomic E-state index is 0. The molecule has 2 unspecified atom stereocenters. The number of carbonyl (C=O) groups excluding carboxylic acids is 2. The third kappa shape index (κ3) is 4.99. The fraction of sp³-hybridized carbons (Fsp3) is 0.750. The monoisotopic (exact) mass is 329 g/mol. The van der Waals surface area contributed by atoms with E-state index in [2.05, 4.69) is 30.6 Å². The third-order valence-electron chi connectivity index (χ3n) is 4.42. The molecule has 0 aromatic rings. The minimum Gasteiger partial charge on any atom is -0.352 e. The van der Waals surface area contributed by atoms with Crippen LogP contribution >= 0.6 is 12.4 Å². The van der Waals surface area contributed by atoms with Crippen molar-refractivity contribution in [3.05, 3.63) is 11.6 Å². The van der Waals surface area contributed by atoms with Gasteiger partial charge in [0.2, 0.25) is 11.8 Å². The standard InChI is InChI=1S/C16H27N3O2.ClH/c1-3-4-12(2)19-11-14(9-15(19)20)16(21)18-10-13-5-7-17-8-6-13;/h5,12,14,17H,3-4,6-11H2,1-2H3,(H,18,21);1H. The summed E-state index contributed by atoms with van der Waals surface area (Å²) in [7, 11) is 0. The Bertz CT molecular complexity index is 426. The molecule has 0 aromatic carbocycles. The molecule has 1 saturated heterocycles. The van der Waals surface area contributed by atoms with Crippen molar-refractivity contribution < 1.29 is 9.59 Å². The lowest BCUT2D eigenvalue weighted by atomic mass is 10.1. The number of hydrogen-bond acceptors (Lipinski definition) is 3. The molecule has 22 heavy (non-hydrogen) atoms. The largest absolute Gasteiger partial charge is 0.352 e. The molecule has 2 heterocycles. The molecule has 0 spiro atoms. The molecule has 0 bridgehead atoms. The normalized spacial score (nSPS) is 22.8. The van der Waals surface area contributed by atoms with E-state index in [1.807, 2.05) is 4.90 Å². The molecule has 0 aromatic heterocycles. The summed E-state index contributed by atoms with van der Waals surface area (Å²) in [5, 5.41) is 6.25. The second kappa shape index (κ2) is 9.16. The van der Waals surface area contributed by atoms with Crippen LogP contribution in [-0.4, -0.2) is 48.9 Å². The summed E-state index contributed by atoms with van der Waals surface area (Å²) in [6, 6.07) is 0.243. The van der Waals surface area contributed by atoms with Crippen molar-refractivity contribution in [3.8, 4) is 0 Å². The van der Waals surface area contributed by atoms with E-state index in [0.29, 0.717) is 19.5 Å². The number of amides is 2. The topological polar surface area (TPSA) is 61.4 Å². The van der Waals surface area contributed by atoms with Gasteiger partial charge in [-0.1, -0.05) is 25.0 Å². The maximum Gasteiger partial charge on any atom is 0.225 e. The van der Waals surface area contributed by atoms with Crippen molar-refractivity contribution in [1.29, 1.82) is 0 Å². The highest BCUT2D eigenvalue weighted by molar-refractivity contribution is 5.89. The first kappa shape index (κ1) is 19.0. The van der Waals surface area contributed by atoms with Crippen molar-refractivity contribution in [3.63, 3.8) is 0 Å². The Hall–Kier alpha value is -1.07. The second-order valence-electron chi connectivity index (χ2n) is 6.12. The molecule has 2 N–H and O–H groups in total. The Kier molecular flexibility index (Phi) is 7.90. The number of halogens is 1. The number of carbonyl (C=O) groups is 2. The third-order valence-corrected chi connectivity index (χ3v) is 4.42. The summed E-state index contributed by atoms with van der Waals surface area (Å²) in [5.41, 5.74) is 1.28. The lowest BCUT2D eigenvalue weighted by molar-refractivity contribution is -0.130. The highest BCUT2D eigenvalue weighted by Gasteiger charge is 2.36. The second-order valence-corrected chi connectivity index (χ2v) is 6.12. The number of nitrogens with zero attached hydrogens (tertiary/aromatic N) is 1. The van der Waals surface area contributed by atoms with Gasteiger partial charge in [-0.2, -0.15) is 0 Å². The fourth-order valence-corrected chi connectivity index (χ4v) is 3.08. The summed E-state index contributed by atoms with van der Waals surface area (Å²) in [5.74, 6) is -0.0368. The molecule has 2 atom stereocenters. The number of hydrogen-bond donors (Lipinski definition) is 2. The summed E-state index contributed by atoms with van der Waals surface area (Å²) in [6.07, 6.45) is 5.55. The van der Waals surface area contributed by atoms with Crippen LogP contribution in [0, 0.1) is 5.92 Å². The zero-order chi connectivity index (χ0) is 15.2. The Labute approximate surface area is 139 Å². The predicted octanol–water partition coefficient (Wildman–Crippen LogP) is 1.48. The van der Waals surface area contributed by atoms with E-state index in [1.165, 1.54) is 5.57 Å². The highest BCUT2D eigenvalue weighted by atomic mass is 35.5. The molecule has 0 saturated carbocycles. The molecular weight excluding hydrogens is 302 g/mol. The SMILES string of the molecule is CCCC(C)N1CC(C(=O)NCC2=CCNCC2)CC1=O.Cl. The quantitative estimate of drug-likeness (QED) is 0.726. The summed E-state index contributed by atoms with van der Waals surface area (Å²) in [4.78, 5) is 26.1. The van der Waals surface area contributed by atoms with Gasteiger partial charge in [0.15, 0.2) is 0 Å². The van der Waals surface area contributed by atoms with Crippen molar-refractivity contribution in [2.45, 2.75) is 45.6 Å². The molecule has 0 radical (unpaired) electrons. The zero-order valence-electron chi connectivity index (χ0n) is 13.6. The van der Waals surface area contributed by atoms with Gasteiger partial charge in [-0.25, -0.2) is 0 Å². The van der Waals surface area contributed by atoms with Crippen LogP contribution < -0.4 is 10.6 Å². The van der Waals surface area contributed by atoms with E-state index in [-0.39, 0.29) is 36.2 Å². The maximum absolute atomic E-state index is 12.2. The maximum atomic E-state index is 12.2. The van der Waals surface area contributed by atoms with Gasteiger partial charge in [0.05, 0.1) is 5.92 Å². The summed E-state index contributed by atoms with van der Waals surface area (Å²) < 4.78 is 0. The Balaban J connectivity index is 0.00000242. The van der Waals surface area contributed by atoms with Crippen LogP contribution in [0.4, 0.5) is 0 Å². The van der Waals surface area contributed by atoms with Gasteiger partial charge < -0.3 is 15.5 Å². The zero-order valence-corrected chi connectivity index (χ0v) is 14.4.